The van der Waals surface area contributed by atoms with Gasteiger partial charge in [-0.05, 0) is 39.6 Å². The first-order valence-electron chi connectivity index (χ1n) is 15.8. The lowest BCUT2D eigenvalue weighted by Crippen LogP contribution is -2.65. The fraction of sp³-hybridized carbons (Fsp3) is 1.00. The van der Waals surface area contributed by atoms with Gasteiger partial charge in [-0.1, -0.05) is 30.7 Å². The van der Waals surface area contributed by atoms with E-state index in [1.54, 1.807) is 0 Å². The number of azide groups is 6. The molecule has 4 rings (SSSR count). The Bertz CT molecular complexity index is 1650. The van der Waals surface area contributed by atoms with E-state index in [0.29, 0.717) is 0 Å². The zero-order chi connectivity index (χ0) is 40.4. The van der Waals surface area contributed by atoms with Crippen LogP contribution in [-0.4, -0.2) is 166 Å². The maximum absolute atomic E-state index is 15.0. The fourth-order valence-corrected chi connectivity index (χ4v) is 6.38. The number of nitrogens with zero attached hydrogens (tertiary/aromatic N) is 18. The Hall–Kier alpha value is -4.76. The first-order chi connectivity index (χ1) is 26.3. The number of aliphatic hydroxyl groups excluding tert-OH is 6. The average molecular weight is 791 g/mol. The molecular weight excluding hydrogens is 758 g/mol. The highest BCUT2D eigenvalue weighted by Gasteiger charge is 2.60. The molecule has 0 radical (unpaired) electrons. The summed E-state index contributed by atoms with van der Waals surface area (Å²) in [6.07, 6.45) is -27.6. The van der Waals surface area contributed by atoms with Gasteiger partial charge in [0.1, 0.15) is 54.8 Å². The second kappa shape index (κ2) is 19.2. The largest absolute Gasteiger partial charge is 0.394 e. The van der Waals surface area contributed by atoms with Gasteiger partial charge in [-0.25, -0.2) is 8.78 Å². The molecule has 0 amide bonds. The second-order valence-electron chi connectivity index (χ2n) is 12.1. The van der Waals surface area contributed by atoms with Crippen molar-refractivity contribution >= 4 is 0 Å². The number of ether oxygens (including phenoxy) is 6. The Kier molecular flexibility index (Phi) is 15.0. The molecule has 1 aliphatic carbocycles. The molecule has 4 aliphatic rings. The van der Waals surface area contributed by atoms with Crippen LogP contribution in [-0.2, 0) is 28.4 Å². The highest BCUT2D eigenvalue weighted by Crippen LogP contribution is 2.41. The van der Waals surface area contributed by atoms with Crippen molar-refractivity contribution < 1.29 is 67.8 Å². The lowest BCUT2D eigenvalue weighted by Gasteiger charge is -2.47. The third-order valence-electron chi connectivity index (χ3n) is 9.06. The minimum Gasteiger partial charge on any atom is -0.394 e. The van der Waals surface area contributed by atoms with Crippen molar-refractivity contribution in [3.63, 3.8) is 0 Å². The SMILES string of the molecule is [N-]=[N+]=NC[C@@H]1O[C@H](O[C@H]2[C@@H](O)[C@H](O[C@H]3[C@H](O[C@H]4O[C@H](CN=[N+]=[N-])C(F)(F)[C@H](O)C4N=[N+]=[N-])C(N=[N+]=[N-])CC(N=[N+]=[N-])[C@@H]3O)O[C@@H]2CO)C(N=[N+]=[N-])[C@@H](O)[C@@H]1O. The van der Waals surface area contributed by atoms with Crippen LogP contribution in [0.2, 0.25) is 0 Å². The van der Waals surface area contributed by atoms with Crippen molar-refractivity contribution in [2.75, 3.05) is 19.7 Å². The first kappa shape index (κ1) is 43.0. The molecular formula is C23H32F2N18O12. The molecule has 6 N–H and O–H groups in total. The van der Waals surface area contributed by atoms with Gasteiger partial charge >= 0.3 is 0 Å². The lowest BCUT2D eigenvalue weighted by atomic mass is 9.84. The second-order valence-corrected chi connectivity index (χ2v) is 12.1. The van der Waals surface area contributed by atoms with E-state index in [4.69, 9.17) is 56.1 Å². The zero-order valence-electron chi connectivity index (χ0n) is 27.7. The smallest absolute Gasteiger partial charge is 0.299 e. The van der Waals surface area contributed by atoms with E-state index in [-0.39, 0.29) is 0 Å². The van der Waals surface area contributed by atoms with Crippen LogP contribution in [0.3, 0.4) is 0 Å². The highest BCUT2D eigenvalue weighted by atomic mass is 19.3. The van der Waals surface area contributed by atoms with Crippen LogP contribution in [0.25, 0.3) is 62.7 Å². The molecule has 0 spiro atoms. The van der Waals surface area contributed by atoms with E-state index in [1.807, 2.05) is 0 Å². The number of hydrogen-bond donors (Lipinski definition) is 6. The summed E-state index contributed by atoms with van der Waals surface area (Å²) in [5.74, 6) is -4.18. The zero-order valence-corrected chi connectivity index (χ0v) is 27.7. The number of aliphatic hydroxyl groups is 6. The molecule has 3 saturated heterocycles. The van der Waals surface area contributed by atoms with Gasteiger partial charge in [0.2, 0.25) is 0 Å². The Balaban J connectivity index is 1.68. The molecule has 3 heterocycles. The summed E-state index contributed by atoms with van der Waals surface area (Å²) in [5.41, 5.74) is 54.0. The minimum absolute atomic E-state index is 0.482. The number of alkyl halides is 2. The van der Waals surface area contributed by atoms with Gasteiger partial charge in [-0.2, -0.15) is 0 Å². The van der Waals surface area contributed by atoms with E-state index < -0.39 is 142 Å². The predicted molar refractivity (Wildman–Crippen MR) is 167 cm³/mol. The lowest BCUT2D eigenvalue weighted by molar-refractivity contribution is -0.333. The van der Waals surface area contributed by atoms with E-state index in [2.05, 4.69) is 60.2 Å². The summed E-state index contributed by atoms with van der Waals surface area (Å²) in [5, 5.41) is 84.2. The van der Waals surface area contributed by atoms with E-state index in [0.717, 1.165) is 0 Å². The minimum atomic E-state index is -4.18. The molecule has 0 aromatic rings. The van der Waals surface area contributed by atoms with Crippen LogP contribution >= 0.6 is 0 Å². The Labute approximate surface area is 303 Å². The topological polar surface area (TPSA) is 469 Å². The maximum Gasteiger partial charge on any atom is 0.299 e. The van der Waals surface area contributed by atoms with Crippen LogP contribution < -0.4 is 0 Å². The van der Waals surface area contributed by atoms with E-state index in [1.165, 1.54) is 0 Å². The number of halogens is 2. The van der Waals surface area contributed by atoms with Gasteiger partial charge in [0, 0.05) is 29.5 Å². The van der Waals surface area contributed by atoms with Crippen LogP contribution in [0, 0.1) is 0 Å². The van der Waals surface area contributed by atoms with Gasteiger partial charge in [0.15, 0.2) is 18.9 Å². The molecule has 3 aliphatic heterocycles. The predicted octanol–water partition coefficient (Wildman–Crippen LogP) is 0.489. The first-order valence-corrected chi connectivity index (χ1v) is 15.8. The normalized spacial score (nSPS) is 42.1. The average Bonchev–Trinajstić information content (AvgIpc) is 3.46. The Morgan fingerprint density at radius 2 is 1.13 bits per heavy atom. The third kappa shape index (κ3) is 9.21. The molecule has 30 nitrogen and oxygen atoms in total. The molecule has 4 unspecified atom stereocenters. The summed E-state index contributed by atoms with van der Waals surface area (Å²) in [4.78, 5) is 15.3. The van der Waals surface area contributed by atoms with Crippen molar-refractivity contribution in [2.45, 2.75) is 123 Å². The molecule has 4 fully saturated rings. The van der Waals surface area contributed by atoms with Crippen LogP contribution in [0.5, 0.6) is 0 Å². The summed E-state index contributed by atoms with van der Waals surface area (Å²) >= 11 is 0. The summed E-state index contributed by atoms with van der Waals surface area (Å²) in [6.45, 7) is -2.52. The molecule has 1 saturated carbocycles. The van der Waals surface area contributed by atoms with Gasteiger partial charge in [0.25, 0.3) is 5.92 Å². The quantitative estimate of drug-likeness (QED) is 0.0750. The summed E-state index contributed by atoms with van der Waals surface area (Å²) in [6, 6.07) is -6.91. The van der Waals surface area contributed by atoms with Crippen molar-refractivity contribution in [3.8, 4) is 0 Å². The Morgan fingerprint density at radius 1 is 0.582 bits per heavy atom. The molecule has 0 aromatic heterocycles. The molecule has 18 atom stereocenters. The van der Waals surface area contributed by atoms with Gasteiger partial charge in [-0.15, -0.1) is 0 Å². The fourth-order valence-electron chi connectivity index (χ4n) is 6.38. The van der Waals surface area contributed by atoms with Gasteiger partial charge in [-0.3, -0.25) is 0 Å². The van der Waals surface area contributed by atoms with Crippen molar-refractivity contribution in [1.82, 2.24) is 0 Å². The van der Waals surface area contributed by atoms with Gasteiger partial charge in [0.05, 0.1) is 56.2 Å². The molecule has 0 bridgehead atoms. The van der Waals surface area contributed by atoms with Crippen LogP contribution in [0.15, 0.2) is 30.7 Å². The van der Waals surface area contributed by atoms with Crippen molar-refractivity contribution in [2.24, 2.45) is 30.7 Å². The molecule has 300 valence electrons. The van der Waals surface area contributed by atoms with E-state index in [9.17, 15) is 36.2 Å². The van der Waals surface area contributed by atoms with Gasteiger partial charge < -0.3 is 59.1 Å². The van der Waals surface area contributed by atoms with Crippen molar-refractivity contribution in [3.05, 3.63) is 62.7 Å². The standard InChI is InChI=1S/C23H32F2N18O12/c24-23(25)9(3-33-39-27)52-21(11(19(23)49)37-43-31)53-16-6(35-41-29)1-5(34-40-28)12(45)18(16)55-22-15(48)17(8(4-44)51-22)54-20-10(36-42-30)14(47)13(46)7(50-20)2-32-38-26/h5-22,44-49H,1-4H2/t5?,6?,7-,8+,9+,10?,11?,12-,13+,14+,15+,16+,17+,18+,19+,20+,21+,22-/m0/s1. The van der Waals surface area contributed by atoms with E-state index >= 15 is 8.78 Å². The van der Waals surface area contributed by atoms with Crippen molar-refractivity contribution in [1.29, 1.82) is 0 Å². The monoisotopic (exact) mass is 790 g/mol. The third-order valence-corrected chi connectivity index (χ3v) is 9.06. The summed E-state index contributed by atoms with van der Waals surface area (Å²) in [7, 11) is 0. The Morgan fingerprint density at radius 3 is 1.75 bits per heavy atom. The summed E-state index contributed by atoms with van der Waals surface area (Å²) < 4.78 is 64.0. The van der Waals surface area contributed by atoms with Crippen LogP contribution in [0.4, 0.5) is 8.78 Å². The molecule has 32 heteroatoms. The molecule has 0 aromatic carbocycles. The highest BCUT2D eigenvalue weighted by molar-refractivity contribution is 5.05. The van der Waals surface area contributed by atoms with Crippen LogP contribution in [0.1, 0.15) is 6.42 Å². The maximum atomic E-state index is 15.0. The molecule has 55 heavy (non-hydrogen) atoms. The number of rotatable bonds is 15. The number of hydrogen-bond acceptors (Lipinski definition) is 18.